The van der Waals surface area contributed by atoms with E-state index in [1.807, 2.05) is 0 Å². The highest BCUT2D eigenvalue weighted by atomic mass is 16.2. The number of likely N-dealkylation sites (tertiary alicyclic amines) is 1. The molecule has 144 valence electrons. The van der Waals surface area contributed by atoms with E-state index in [4.69, 9.17) is 0 Å². The van der Waals surface area contributed by atoms with Crippen LogP contribution in [0.1, 0.15) is 42.4 Å². The molecule has 6 rings (SSSR count). The molecule has 0 radical (unpaired) electrons. The van der Waals surface area contributed by atoms with Gasteiger partial charge in [-0.1, -0.05) is 42.5 Å². The molecule has 28 heavy (non-hydrogen) atoms. The van der Waals surface area contributed by atoms with Gasteiger partial charge in [-0.15, -0.1) is 0 Å². The molecule has 2 fully saturated rings. The molecule has 4 atom stereocenters. The van der Waals surface area contributed by atoms with Gasteiger partial charge in [0.15, 0.2) is 0 Å². The van der Waals surface area contributed by atoms with Gasteiger partial charge in [0.05, 0.1) is 0 Å². The Morgan fingerprint density at radius 1 is 0.929 bits per heavy atom. The van der Waals surface area contributed by atoms with E-state index in [0.29, 0.717) is 29.8 Å². The first-order chi connectivity index (χ1) is 13.7. The molecular weight excluding hydrogens is 344 g/mol. The summed E-state index contributed by atoms with van der Waals surface area (Å²) < 4.78 is 0. The fourth-order valence-electron chi connectivity index (χ4n) is 6.41. The van der Waals surface area contributed by atoms with Gasteiger partial charge in [0.2, 0.25) is 5.91 Å². The molecule has 2 aliphatic heterocycles. The average molecular weight is 373 g/mol. The lowest BCUT2D eigenvalue weighted by Crippen LogP contribution is -2.49. The Morgan fingerprint density at radius 3 is 2.46 bits per heavy atom. The maximum absolute atomic E-state index is 13.2. The van der Waals surface area contributed by atoms with Gasteiger partial charge in [-0.25, -0.2) is 0 Å². The smallest absolute Gasteiger partial charge is 0.226 e. The van der Waals surface area contributed by atoms with Crippen LogP contribution in [0.25, 0.3) is 0 Å². The third-order valence-electron chi connectivity index (χ3n) is 7.75. The quantitative estimate of drug-likeness (QED) is 0.795. The molecule has 1 saturated heterocycles. The summed E-state index contributed by atoms with van der Waals surface area (Å²) in [6.45, 7) is 4.19. The molecule has 2 aromatic rings. The highest BCUT2D eigenvalue weighted by Crippen LogP contribution is 2.62. The Morgan fingerprint density at radius 2 is 1.64 bits per heavy atom. The number of para-hydroxylation sites is 1. The molecule has 4 aliphatic rings. The Hall–Kier alpha value is -2.29. The van der Waals surface area contributed by atoms with Crippen molar-refractivity contribution in [1.82, 2.24) is 4.90 Å². The van der Waals surface area contributed by atoms with Gasteiger partial charge in [0, 0.05) is 36.8 Å². The minimum absolute atomic E-state index is 0.262. The van der Waals surface area contributed by atoms with Crippen LogP contribution >= 0.6 is 0 Å². The van der Waals surface area contributed by atoms with E-state index in [0.717, 1.165) is 38.8 Å². The van der Waals surface area contributed by atoms with Crippen molar-refractivity contribution in [1.29, 1.82) is 0 Å². The Labute approximate surface area is 167 Å². The molecule has 0 N–H and O–H groups in total. The van der Waals surface area contributed by atoms with E-state index in [9.17, 15) is 4.79 Å². The highest BCUT2D eigenvalue weighted by Gasteiger charge is 2.60. The van der Waals surface area contributed by atoms with E-state index in [2.05, 4.69) is 65.3 Å². The van der Waals surface area contributed by atoms with E-state index >= 15 is 0 Å². The molecule has 2 aromatic carbocycles. The largest absolute Gasteiger partial charge is 0.365 e. The van der Waals surface area contributed by atoms with Crippen molar-refractivity contribution in [2.45, 2.75) is 50.6 Å². The zero-order valence-corrected chi connectivity index (χ0v) is 16.6. The molecular formula is C25H28N2O. The number of nitrogens with zero attached hydrogens (tertiary/aromatic N) is 2. The molecule has 0 bridgehead atoms. The zero-order chi connectivity index (χ0) is 18.8. The van der Waals surface area contributed by atoms with Gasteiger partial charge in [0.1, 0.15) is 0 Å². The number of benzene rings is 2. The molecule has 0 aromatic heterocycles. The van der Waals surface area contributed by atoms with Gasteiger partial charge in [-0.2, -0.15) is 0 Å². The summed E-state index contributed by atoms with van der Waals surface area (Å²) in [6.07, 6.45) is 4.46. The van der Waals surface area contributed by atoms with Crippen LogP contribution in [0.2, 0.25) is 0 Å². The number of amides is 1. The van der Waals surface area contributed by atoms with Crippen molar-refractivity contribution in [2.75, 3.05) is 18.0 Å². The molecule has 2 aliphatic carbocycles. The molecule has 4 unspecified atom stereocenters. The van der Waals surface area contributed by atoms with Gasteiger partial charge < -0.3 is 9.80 Å². The van der Waals surface area contributed by atoms with Crippen LogP contribution in [0, 0.1) is 11.8 Å². The molecule has 3 nitrogen and oxygen atoms in total. The normalized spacial score (nSPS) is 30.8. The van der Waals surface area contributed by atoms with Crippen LogP contribution in [0.3, 0.4) is 0 Å². The topological polar surface area (TPSA) is 23.6 Å². The number of fused-ring (bicyclic) bond motifs is 4. The summed E-state index contributed by atoms with van der Waals surface area (Å²) in [5.74, 6) is 1.77. The summed E-state index contributed by atoms with van der Waals surface area (Å²) in [5.41, 5.74) is 5.83. The number of rotatable bonds is 2. The first-order valence-corrected chi connectivity index (χ1v) is 10.9. The lowest BCUT2D eigenvalue weighted by atomic mass is 9.99. The minimum Gasteiger partial charge on any atom is -0.365 e. The summed E-state index contributed by atoms with van der Waals surface area (Å²) in [7, 11) is 0. The summed E-state index contributed by atoms with van der Waals surface area (Å²) in [4.78, 5) is 18.0. The van der Waals surface area contributed by atoms with Crippen LogP contribution in [0.4, 0.5) is 5.69 Å². The van der Waals surface area contributed by atoms with Crippen LogP contribution in [0.15, 0.2) is 48.5 Å². The molecule has 0 spiro atoms. The molecule has 3 heteroatoms. The third-order valence-corrected chi connectivity index (χ3v) is 7.75. The van der Waals surface area contributed by atoms with Crippen molar-refractivity contribution in [2.24, 2.45) is 11.8 Å². The Bertz CT molecular complexity index is 930. The third kappa shape index (κ3) is 2.38. The second-order valence-corrected chi connectivity index (χ2v) is 9.26. The van der Waals surface area contributed by atoms with Crippen molar-refractivity contribution in [3.63, 3.8) is 0 Å². The predicted molar refractivity (Wildman–Crippen MR) is 112 cm³/mol. The first-order valence-electron chi connectivity index (χ1n) is 10.9. The number of piperidine rings is 1. The minimum atomic E-state index is 0.262. The van der Waals surface area contributed by atoms with Crippen LogP contribution in [-0.2, 0) is 17.6 Å². The number of carbonyl (C=O) groups is 1. The summed E-state index contributed by atoms with van der Waals surface area (Å²) in [6, 6.07) is 18.7. The lowest BCUT2D eigenvalue weighted by molar-refractivity contribution is -0.134. The van der Waals surface area contributed by atoms with Crippen LogP contribution in [0.5, 0.6) is 0 Å². The highest BCUT2D eigenvalue weighted by molar-refractivity contribution is 5.85. The van der Waals surface area contributed by atoms with Gasteiger partial charge in [-0.3, -0.25) is 4.79 Å². The maximum Gasteiger partial charge on any atom is 0.226 e. The van der Waals surface area contributed by atoms with E-state index in [-0.39, 0.29) is 5.92 Å². The van der Waals surface area contributed by atoms with Gasteiger partial charge in [0.25, 0.3) is 0 Å². The van der Waals surface area contributed by atoms with Gasteiger partial charge >= 0.3 is 0 Å². The number of hydrogen-bond acceptors (Lipinski definition) is 2. The average Bonchev–Trinajstić information content (AvgIpc) is 3.13. The predicted octanol–water partition coefficient (Wildman–Crippen LogP) is 4.01. The van der Waals surface area contributed by atoms with E-state index < -0.39 is 0 Å². The monoisotopic (exact) mass is 372 g/mol. The summed E-state index contributed by atoms with van der Waals surface area (Å²) in [5, 5.41) is 0. The number of anilines is 1. The zero-order valence-electron chi connectivity index (χ0n) is 16.6. The fraction of sp³-hybridized carbons (Fsp3) is 0.480. The number of hydrogen-bond donors (Lipinski definition) is 0. The van der Waals surface area contributed by atoms with Gasteiger partial charge in [-0.05, 0) is 67.2 Å². The van der Waals surface area contributed by atoms with E-state index in [1.54, 1.807) is 0 Å². The molecule has 2 heterocycles. The second-order valence-electron chi connectivity index (χ2n) is 9.26. The molecule has 1 amide bonds. The summed E-state index contributed by atoms with van der Waals surface area (Å²) >= 11 is 0. The van der Waals surface area contributed by atoms with E-state index in [1.165, 1.54) is 22.4 Å². The van der Waals surface area contributed by atoms with Crippen molar-refractivity contribution in [3.8, 4) is 0 Å². The van der Waals surface area contributed by atoms with Crippen molar-refractivity contribution >= 4 is 11.6 Å². The van der Waals surface area contributed by atoms with Crippen molar-refractivity contribution in [3.05, 3.63) is 65.2 Å². The SMILES string of the molecule is CC1Cc2ccccc2N1C1CCN(C(=O)C2C3Cc4ccccc4C32)CC1. The fourth-order valence-corrected chi connectivity index (χ4v) is 6.41. The standard InChI is InChI=1S/C25H28N2O/c1-16-14-18-7-3-5-9-22(18)27(16)19-10-12-26(13-11-19)25(28)24-21-15-17-6-2-4-8-20(17)23(21)24/h2-9,16,19,21,23-24H,10-15H2,1H3. The van der Waals surface area contributed by atoms with Crippen LogP contribution in [-0.4, -0.2) is 36.0 Å². The maximum atomic E-state index is 13.2. The van der Waals surface area contributed by atoms with Crippen LogP contribution < -0.4 is 4.90 Å². The molecule has 1 saturated carbocycles. The number of carbonyl (C=O) groups excluding carboxylic acids is 1. The Kier molecular flexibility index (Phi) is 3.63. The first kappa shape index (κ1) is 16.6. The second kappa shape index (κ2) is 6.10. The lowest BCUT2D eigenvalue weighted by Gasteiger charge is -2.40. The van der Waals surface area contributed by atoms with Crippen molar-refractivity contribution < 1.29 is 4.79 Å². The Balaban J connectivity index is 1.12.